The van der Waals surface area contributed by atoms with Gasteiger partial charge < -0.3 is 24.8 Å². The van der Waals surface area contributed by atoms with Crippen molar-refractivity contribution in [1.82, 2.24) is 0 Å². The van der Waals surface area contributed by atoms with E-state index in [0.717, 1.165) is 12.8 Å². The molecule has 2 aromatic carbocycles. The quantitative estimate of drug-likeness (QED) is 0.412. The summed E-state index contributed by atoms with van der Waals surface area (Å²) in [5.41, 5.74) is 6.08. The number of hydrogen-bond donors (Lipinski definition) is 0. The largest absolute Gasteiger partial charge is 1.00 e. The Balaban J connectivity index is 0.00000176. The molecule has 0 aromatic heterocycles. The van der Waals surface area contributed by atoms with Gasteiger partial charge in [0.2, 0.25) is 0 Å². The molecule has 2 aromatic rings. The van der Waals surface area contributed by atoms with Crippen molar-refractivity contribution in [2.75, 3.05) is 0 Å². The topological polar surface area (TPSA) is 0 Å². The van der Waals surface area contributed by atoms with E-state index in [1.807, 2.05) is 0 Å². The Kier molecular flexibility index (Phi) is 8.79. The predicted octanol–water partition coefficient (Wildman–Crippen LogP) is 4.10. The fraction of sp³-hybridized carbons (Fsp3) is 0.333. The van der Waals surface area contributed by atoms with Gasteiger partial charge in [-0.15, -0.1) is 0 Å². The van der Waals surface area contributed by atoms with Crippen LogP contribution >= 0.6 is 0 Å². The summed E-state index contributed by atoms with van der Waals surface area (Å²) in [6.45, 7) is 10.0. The van der Waals surface area contributed by atoms with Crippen molar-refractivity contribution in [2.45, 2.75) is 58.6 Å². The van der Waals surface area contributed by atoms with Gasteiger partial charge in [-0.2, -0.15) is 0 Å². The summed E-state index contributed by atoms with van der Waals surface area (Å²) >= 11 is -1.17. The van der Waals surface area contributed by atoms with Crippen molar-refractivity contribution in [3.63, 3.8) is 0 Å². The van der Waals surface area contributed by atoms with Crippen LogP contribution in [0, 0.1) is 10.8 Å². The number of rotatable bonds is 8. The van der Waals surface area contributed by atoms with E-state index >= 15 is 0 Å². The zero-order valence-corrected chi connectivity index (χ0v) is 27.3. The standard InChI is InChI=1S/2C18H19.2ClH.Zr/c2*1-3-18(2,15-9-5-6-10-15)17-13-12-14-8-4-7-11-16(14)17;;;/h2*4-13,17H,3H2,1-2H3;2*1H;/q;;;;+2/p-2. The van der Waals surface area contributed by atoms with Crippen LogP contribution in [0.1, 0.15) is 74.6 Å². The van der Waals surface area contributed by atoms with Crippen molar-refractivity contribution in [3.05, 3.63) is 132 Å². The van der Waals surface area contributed by atoms with Gasteiger partial charge in [0.25, 0.3) is 0 Å². The summed E-state index contributed by atoms with van der Waals surface area (Å²) in [5.74, 6) is 0.877. The van der Waals surface area contributed by atoms with E-state index in [9.17, 15) is 0 Å². The van der Waals surface area contributed by atoms with Gasteiger partial charge in [-0.3, -0.25) is 0 Å². The van der Waals surface area contributed by atoms with Gasteiger partial charge in [0.1, 0.15) is 0 Å². The molecule has 0 nitrogen and oxygen atoms in total. The molecule has 4 aliphatic carbocycles. The first-order chi connectivity index (χ1) is 17.9. The number of hydrogen-bond acceptors (Lipinski definition) is 0. The summed E-state index contributed by atoms with van der Waals surface area (Å²) in [6.07, 6.45) is 32.0. The van der Waals surface area contributed by atoms with E-state index in [4.69, 9.17) is 0 Å². The van der Waals surface area contributed by atoms with Crippen molar-refractivity contribution >= 4 is 12.2 Å². The van der Waals surface area contributed by atoms with Gasteiger partial charge in [-0.25, -0.2) is 0 Å². The molecule has 0 radical (unpaired) electrons. The van der Waals surface area contributed by atoms with Gasteiger partial charge in [-0.1, -0.05) is 0 Å². The molecule has 0 saturated heterocycles. The van der Waals surface area contributed by atoms with Crippen molar-refractivity contribution in [2.24, 2.45) is 10.8 Å². The molecule has 39 heavy (non-hydrogen) atoms. The summed E-state index contributed by atoms with van der Waals surface area (Å²) < 4.78 is 0.240. The third-order valence-electron chi connectivity index (χ3n) is 10.4. The Hall–Kier alpha value is -1.66. The van der Waals surface area contributed by atoms with Crippen LogP contribution in [0.3, 0.4) is 0 Å². The SMILES string of the molecule is CCC(C)(C1C=Cc2ccccc21)[C]1([Zr+2][C]2(C(C)(CC)C3C=Cc4ccccc43)C=CC=C2)C=CC=C1.[Cl-].[Cl-]. The smallest absolute Gasteiger partial charge is 1.00 e. The maximum absolute atomic E-state index is 2.62. The van der Waals surface area contributed by atoms with Crippen LogP contribution in [-0.2, 0) is 23.2 Å². The molecule has 4 unspecified atom stereocenters. The Labute approximate surface area is 259 Å². The van der Waals surface area contributed by atoms with Crippen LogP contribution in [0.4, 0.5) is 0 Å². The Bertz CT molecular complexity index is 1260. The average molecular weight is 633 g/mol. The molecular weight excluding hydrogens is 595 g/mol. The van der Waals surface area contributed by atoms with Gasteiger partial charge in [0.05, 0.1) is 0 Å². The summed E-state index contributed by atoms with van der Waals surface area (Å²) in [4.78, 5) is 0. The Morgan fingerprint density at radius 2 is 0.974 bits per heavy atom. The van der Waals surface area contributed by atoms with Gasteiger partial charge in [0, 0.05) is 0 Å². The second-order valence-corrected chi connectivity index (χ2v) is 16.5. The van der Waals surface area contributed by atoms with Gasteiger partial charge in [-0.05, 0) is 0 Å². The second-order valence-electron chi connectivity index (χ2n) is 11.8. The molecule has 4 atom stereocenters. The molecule has 0 heterocycles. The molecule has 0 saturated carbocycles. The van der Waals surface area contributed by atoms with Crippen LogP contribution in [-0.4, -0.2) is 0 Å². The minimum Gasteiger partial charge on any atom is -1.00 e. The van der Waals surface area contributed by atoms with Crippen LogP contribution in [0.5, 0.6) is 0 Å². The van der Waals surface area contributed by atoms with E-state index in [1.165, 1.54) is 22.3 Å². The Morgan fingerprint density at radius 1 is 0.615 bits per heavy atom. The number of halogens is 2. The molecular formula is C36H38Cl2Zr. The first kappa shape index (κ1) is 30.3. The third kappa shape index (κ3) is 4.43. The number of benzene rings is 2. The molecule has 0 amide bonds. The van der Waals surface area contributed by atoms with Crippen LogP contribution in [0.2, 0.25) is 6.25 Å². The average Bonchev–Trinajstić information content (AvgIpc) is 3.74. The molecule has 0 fully saturated rings. The molecule has 200 valence electrons. The summed E-state index contributed by atoms with van der Waals surface area (Å²) in [5, 5.41) is 0. The molecule has 3 heteroatoms. The normalized spacial score (nSPS) is 24.8. The molecule has 0 bridgehead atoms. The third-order valence-corrected chi connectivity index (χ3v) is 16.9. The first-order valence-electron chi connectivity index (χ1n) is 14.0. The fourth-order valence-corrected chi connectivity index (χ4v) is 14.1. The molecule has 4 aliphatic rings. The minimum atomic E-state index is -1.17. The fourth-order valence-electron chi connectivity index (χ4n) is 7.65. The van der Waals surface area contributed by atoms with Gasteiger partial charge in [0.15, 0.2) is 0 Å². The molecule has 0 spiro atoms. The molecule has 6 rings (SSSR count). The first-order valence-corrected chi connectivity index (χ1v) is 16.5. The van der Waals surface area contributed by atoms with Crippen LogP contribution in [0.25, 0.3) is 12.2 Å². The van der Waals surface area contributed by atoms with E-state index < -0.39 is 23.2 Å². The predicted molar refractivity (Wildman–Crippen MR) is 155 cm³/mol. The second kappa shape index (κ2) is 11.3. The molecule has 0 aliphatic heterocycles. The monoisotopic (exact) mass is 630 g/mol. The van der Waals surface area contributed by atoms with Crippen molar-refractivity contribution in [1.29, 1.82) is 0 Å². The number of allylic oxidation sites excluding steroid dienone is 10. The maximum atomic E-state index is 2.62. The molecule has 0 N–H and O–H groups in total. The van der Waals surface area contributed by atoms with Crippen molar-refractivity contribution < 1.29 is 48.0 Å². The maximum Gasteiger partial charge on any atom is -1.00 e. The Morgan fingerprint density at radius 3 is 1.33 bits per heavy atom. The van der Waals surface area contributed by atoms with E-state index in [-0.39, 0.29) is 41.9 Å². The van der Waals surface area contributed by atoms with E-state index in [2.05, 4.69) is 149 Å². The number of fused-ring (bicyclic) bond motifs is 2. The summed E-state index contributed by atoms with van der Waals surface area (Å²) in [7, 11) is 0. The minimum absolute atomic E-state index is 0. The van der Waals surface area contributed by atoms with Crippen LogP contribution in [0.15, 0.2) is 109 Å². The zero-order chi connectivity index (χ0) is 25.7. The van der Waals surface area contributed by atoms with Gasteiger partial charge >= 0.3 is 236 Å². The van der Waals surface area contributed by atoms with Crippen molar-refractivity contribution in [3.8, 4) is 0 Å². The van der Waals surface area contributed by atoms with E-state index in [0.29, 0.717) is 11.8 Å². The zero-order valence-electron chi connectivity index (χ0n) is 23.4. The van der Waals surface area contributed by atoms with E-state index in [1.54, 1.807) is 0 Å². The summed E-state index contributed by atoms with van der Waals surface area (Å²) in [6, 6.07) is 18.1. The van der Waals surface area contributed by atoms with Crippen LogP contribution < -0.4 is 24.8 Å².